The molecule has 0 saturated carbocycles. The van der Waals surface area contributed by atoms with Gasteiger partial charge in [-0.1, -0.05) is 38.0 Å². The molecule has 318 valence electrons. The van der Waals surface area contributed by atoms with E-state index in [1.54, 1.807) is 19.9 Å². The minimum absolute atomic E-state index is 0.0526. The second-order valence-corrected chi connectivity index (χ2v) is 22.4. The molecule has 1 atom stereocenters. The van der Waals surface area contributed by atoms with Gasteiger partial charge >= 0.3 is 0 Å². The zero-order valence-electron chi connectivity index (χ0n) is 33.8. The Kier molecular flexibility index (Phi) is 15.0. The number of nitrogens with one attached hydrogen (secondary N) is 2. The molecule has 3 saturated heterocycles. The van der Waals surface area contributed by atoms with E-state index in [-0.39, 0.29) is 24.7 Å². The summed E-state index contributed by atoms with van der Waals surface area (Å²) in [5.74, 6) is -1.16. The van der Waals surface area contributed by atoms with Crippen molar-refractivity contribution in [1.82, 2.24) is 10.3 Å². The first-order chi connectivity index (χ1) is 26.1. The number of aliphatic hydroxyl groups is 1. The standard InChI is InChI=1S/C21H34N2O7S.C16H26N2O6S/c1-20(2,14-29-18-7-5-6-10-28-18)16-13-17(30-23-16)22-19(24)21(3,4)31(25,26)15-8-11-27-12-9-15;1-15(2,10-19)12-9-13(24-18-12)17-14(20)16(3,4)25(21,22)11-5-7-23-8-6-11/h13,15,18H,5-12,14H2,1-4H3,(H,22,24);9,11,19H,5-8,10H2,1-4H3,(H,17,20). The number of anilines is 2. The van der Waals surface area contributed by atoms with Crippen molar-refractivity contribution in [1.29, 1.82) is 0 Å². The number of ether oxygens (including phenoxy) is 4. The molecule has 5 heterocycles. The van der Waals surface area contributed by atoms with Crippen LogP contribution in [0.2, 0.25) is 0 Å². The summed E-state index contributed by atoms with van der Waals surface area (Å²) in [7, 11) is -7.41. The Morgan fingerprint density at radius 3 is 1.52 bits per heavy atom. The number of sulfone groups is 2. The van der Waals surface area contributed by atoms with Gasteiger partial charge in [-0.15, -0.1) is 0 Å². The Balaban J connectivity index is 0.000000255. The summed E-state index contributed by atoms with van der Waals surface area (Å²) >= 11 is 0. The molecule has 2 aromatic rings. The number of amides is 2. The van der Waals surface area contributed by atoms with Gasteiger partial charge in [-0.2, -0.15) is 0 Å². The van der Waals surface area contributed by atoms with Gasteiger partial charge in [0.1, 0.15) is 9.49 Å². The first-order valence-electron chi connectivity index (χ1n) is 19.1. The Hall–Kier alpha value is -2.94. The summed E-state index contributed by atoms with van der Waals surface area (Å²) in [5, 5.41) is 21.1. The number of hydrogen-bond acceptors (Lipinski definition) is 15. The number of carbonyl (C=O) groups excluding carboxylic acids is 2. The van der Waals surface area contributed by atoms with E-state index < -0.39 is 62.3 Å². The fourth-order valence-electron chi connectivity index (χ4n) is 6.19. The molecule has 19 heteroatoms. The van der Waals surface area contributed by atoms with Crippen LogP contribution in [-0.2, 0) is 59.0 Å². The minimum atomic E-state index is -3.71. The number of aliphatic hydroxyl groups excluding tert-OH is 1. The number of nitrogens with zero attached hydrogens (tertiary/aromatic N) is 2. The van der Waals surface area contributed by atoms with Crippen LogP contribution in [0.15, 0.2) is 21.2 Å². The van der Waals surface area contributed by atoms with E-state index in [1.807, 2.05) is 13.8 Å². The van der Waals surface area contributed by atoms with Crippen LogP contribution in [-0.4, -0.2) is 117 Å². The van der Waals surface area contributed by atoms with Crippen LogP contribution in [0, 0.1) is 0 Å². The van der Waals surface area contributed by atoms with E-state index in [1.165, 1.54) is 33.8 Å². The van der Waals surface area contributed by atoms with Crippen LogP contribution in [0.25, 0.3) is 0 Å². The lowest BCUT2D eigenvalue weighted by atomic mass is 9.90. The molecule has 3 aliphatic rings. The number of hydrogen-bond donors (Lipinski definition) is 3. The fourth-order valence-corrected chi connectivity index (χ4v) is 10.1. The molecule has 0 radical (unpaired) electrons. The average Bonchev–Trinajstić information content (AvgIpc) is 3.86. The van der Waals surface area contributed by atoms with Gasteiger partial charge in [0.15, 0.2) is 26.0 Å². The number of rotatable bonds is 14. The van der Waals surface area contributed by atoms with E-state index >= 15 is 0 Å². The molecular weight excluding hydrogens is 773 g/mol. The van der Waals surface area contributed by atoms with Gasteiger partial charge in [0.25, 0.3) is 0 Å². The first kappa shape index (κ1) is 45.8. The molecule has 0 aromatic carbocycles. The molecule has 2 amide bonds. The number of carbonyl (C=O) groups is 2. The molecule has 3 N–H and O–H groups in total. The van der Waals surface area contributed by atoms with Gasteiger partial charge in [-0.25, -0.2) is 16.8 Å². The SMILES string of the molecule is CC(C)(CO)c1cc(NC(=O)C(C)(C)S(=O)(=O)C2CCOCC2)on1.CC(C)(COC1CCCCO1)c1cc(NC(=O)C(C)(C)S(=O)(=O)C2CCOCC2)on1. The lowest BCUT2D eigenvalue weighted by Gasteiger charge is -2.30. The smallest absolute Gasteiger partial charge is 0.247 e. The maximum Gasteiger partial charge on any atom is 0.247 e. The van der Waals surface area contributed by atoms with Crippen molar-refractivity contribution in [2.75, 3.05) is 56.9 Å². The van der Waals surface area contributed by atoms with Gasteiger partial charge in [0.05, 0.1) is 35.1 Å². The van der Waals surface area contributed by atoms with E-state index in [0.29, 0.717) is 76.7 Å². The van der Waals surface area contributed by atoms with Crippen molar-refractivity contribution < 1.29 is 59.5 Å². The third-order valence-corrected chi connectivity index (χ3v) is 16.7. The van der Waals surface area contributed by atoms with Gasteiger partial charge in [-0.05, 0) is 72.6 Å². The second-order valence-electron chi connectivity index (χ2n) is 16.8. The number of aromatic nitrogens is 2. The quantitative estimate of drug-likeness (QED) is 0.243. The second kappa shape index (κ2) is 18.3. The highest BCUT2D eigenvalue weighted by molar-refractivity contribution is 7.94. The molecular formula is C37H60N4O13S2. The maximum absolute atomic E-state index is 13.0. The van der Waals surface area contributed by atoms with E-state index in [4.69, 9.17) is 28.0 Å². The van der Waals surface area contributed by atoms with Crippen LogP contribution in [0.5, 0.6) is 0 Å². The Morgan fingerprint density at radius 1 is 0.696 bits per heavy atom. The van der Waals surface area contributed by atoms with Crippen LogP contribution in [0.4, 0.5) is 11.8 Å². The first-order valence-corrected chi connectivity index (χ1v) is 22.2. The third-order valence-electron chi connectivity index (χ3n) is 10.8. The minimum Gasteiger partial charge on any atom is -0.395 e. The van der Waals surface area contributed by atoms with Crippen LogP contribution >= 0.6 is 0 Å². The molecule has 3 aliphatic heterocycles. The van der Waals surface area contributed by atoms with Gasteiger partial charge < -0.3 is 33.1 Å². The molecule has 1 unspecified atom stereocenters. The zero-order valence-corrected chi connectivity index (χ0v) is 35.5. The Morgan fingerprint density at radius 2 is 1.12 bits per heavy atom. The van der Waals surface area contributed by atoms with Crippen molar-refractivity contribution in [3.05, 3.63) is 23.5 Å². The summed E-state index contributed by atoms with van der Waals surface area (Å²) in [6.45, 7) is 15.6. The van der Waals surface area contributed by atoms with Crippen molar-refractivity contribution >= 4 is 43.3 Å². The highest BCUT2D eigenvalue weighted by Gasteiger charge is 2.48. The highest BCUT2D eigenvalue weighted by atomic mass is 32.2. The third kappa shape index (κ3) is 10.6. The summed E-state index contributed by atoms with van der Waals surface area (Å²) in [6, 6.07) is 3.10. The maximum atomic E-state index is 13.0. The molecule has 5 rings (SSSR count). The van der Waals surface area contributed by atoms with E-state index in [0.717, 1.165) is 19.3 Å². The molecule has 3 fully saturated rings. The Bertz CT molecular complexity index is 1830. The molecule has 56 heavy (non-hydrogen) atoms. The predicted octanol–water partition coefficient (Wildman–Crippen LogP) is 4.06. The molecule has 0 bridgehead atoms. The zero-order chi connectivity index (χ0) is 41.6. The van der Waals surface area contributed by atoms with Gasteiger partial charge in [-0.3, -0.25) is 20.2 Å². The van der Waals surface area contributed by atoms with Crippen molar-refractivity contribution in [2.45, 2.75) is 137 Å². The van der Waals surface area contributed by atoms with Gasteiger partial charge in [0.2, 0.25) is 23.6 Å². The van der Waals surface area contributed by atoms with Crippen LogP contribution in [0.1, 0.15) is 112 Å². The average molecular weight is 833 g/mol. The van der Waals surface area contributed by atoms with Gasteiger partial charge in [0, 0.05) is 56.0 Å². The van der Waals surface area contributed by atoms with Crippen molar-refractivity contribution in [3.8, 4) is 0 Å². The molecule has 0 spiro atoms. The Labute approximate surface area is 330 Å². The largest absolute Gasteiger partial charge is 0.395 e. The fraction of sp³-hybridized carbons (Fsp3) is 0.784. The molecule has 0 aliphatic carbocycles. The normalized spacial score (nSPS) is 19.8. The summed E-state index contributed by atoms with van der Waals surface area (Å²) in [5.41, 5.74) is -0.0354. The molecule has 2 aromatic heterocycles. The monoisotopic (exact) mass is 832 g/mol. The summed E-state index contributed by atoms with van der Waals surface area (Å²) < 4.78 is 80.9. The van der Waals surface area contributed by atoms with Crippen LogP contribution in [0.3, 0.4) is 0 Å². The summed E-state index contributed by atoms with van der Waals surface area (Å²) in [6.07, 6.45) is 4.34. The van der Waals surface area contributed by atoms with Crippen LogP contribution < -0.4 is 10.6 Å². The molecule has 17 nitrogen and oxygen atoms in total. The lowest BCUT2D eigenvalue weighted by Crippen LogP contribution is -2.50. The van der Waals surface area contributed by atoms with E-state index in [9.17, 15) is 31.5 Å². The lowest BCUT2D eigenvalue weighted by molar-refractivity contribution is -0.170. The highest BCUT2D eigenvalue weighted by Crippen LogP contribution is 2.32. The van der Waals surface area contributed by atoms with Crippen molar-refractivity contribution in [3.63, 3.8) is 0 Å². The predicted molar refractivity (Wildman–Crippen MR) is 207 cm³/mol. The summed E-state index contributed by atoms with van der Waals surface area (Å²) in [4.78, 5) is 25.5. The van der Waals surface area contributed by atoms with E-state index in [2.05, 4.69) is 20.9 Å². The van der Waals surface area contributed by atoms with Crippen molar-refractivity contribution in [2.24, 2.45) is 0 Å². The topological polar surface area (TPSA) is 236 Å².